The Morgan fingerprint density at radius 2 is 2.22 bits per heavy atom. The fraction of sp³-hybridized carbons (Fsp3) is 0.200. The Kier molecular flexibility index (Phi) is 3.09. The number of hydrogen-bond acceptors (Lipinski definition) is 3. The molecule has 0 saturated carbocycles. The van der Waals surface area contributed by atoms with Crippen molar-refractivity contribution in [3.63, 3.8) is 0 Å². The minimum Gasteiger partial charge on any atom is -0.440 e. The molecule has 2 rings (SSSR count). The maximum Gasteiger partial charge on any atom is 0.422 e. The van der Waals surface area contributed by atoms with Crippen molar-refractivity contribution >= 4 is 22.8 Å². The highest BCUT2D eigenvalue weighted by atomic mass is 19.4. The van der Waals surface area contributed by atoms with Crippen LogP contribution in [-0.4, -0.2) is 28.8 Å². The van der Waals surface area contributed by atoms with E-state index in [1.807, 2.05) is 0 Å². The number of H-pyrrole nitrogens is 1. The number of halogens is 3. The normalized spacial score (nSPS) is 11.5. The fourth-order valence-electron chi connectivity index (χ4n) is 1.36. The van der Waals surface area contributed by atoms with Gasteiger partial charge >= 0.3 is 12.3 Å². The summed E-state index contributed by atoms with van der Waals surface area (Å²) in [7, 11) is 0. The summed E-state index contributed by atoms with van der Waals surface area (Å²) in [6.07, 6.45) is -4.31. The van der Waals surface area contributed by atoms with E-state index in [1.54, 1.807) is 12.1 Å². The molecule has 0 atom stereocenters. The van der Waals surface area contributed by atoms with Crippen LogP contribution in [0.3, 0.4) is 0 Å². The van der Waals surface area contributed by atoms with Gasteiger partial charge in [-0.2, -0.15) is 13.2 Å². The Morgan fingerprint density at radius 1 is 1.44 bits per heavy atom. The van der Waals surface area contributed by atoms with Gasteiger partial charge in [-0.1, -0.05) is 6.07 Å². The summed E-state index contributed by atoms with van der Waals surface area (Å²) in [6, 6.07) is 4.85. The second-order valence-electron chi connectivity index (χ2n) is 3.42. The molecule has 1 aromatic carbocycles. The van der Waals surface area contributed by atoms with E-state index in [9.17, 15) is 18.0 Å². The van der Waals surface area contributed by atoms with Gasteiger partial charge in [-0.05, 0) is 12.1 Å². The fourth-order valence-corrected chi connectivity index (χ4v) is 1.36. The number of amides is 1. The van der Waals surface area contributed by atoms with Crippen molar-refractivity contribution in [3.8, 4) is 0 Å². The SMILES string of the molecule is O=C(Nc1cccc2[nH]cnc12)OCC(F)(F)F. The molecule has 2 N–H and O–H groups in total. The summed E-state index contributed by atoms with van der Waals surface area (Å²) in [6.45, 7) is -1.63. The lowest BCUT2D eigenvalue weighted by molar-refractivity contribution is -0.159. The molecule has 18 heavy (non-hydrogen) atoms. The van der Waals surface area contributed by atoms with Gasteiger partial charge in [0.2, 0.25) is 0 Å². The molecular weight excluding hydrogens is 251 g/mol. The molecule has 0 spiro atoms. The molecule has 96 valence electrons. The monoisotopic (exact) mass is 259 g/mol. The standard InChI is InChI=1S/C10H8F3N3O2/c11-10(12,13)4-18-9(17)16-7-3-1-2-6-8(7)15-5-14-6/h1-3,5H,4H2,(H,14,15)(H,16,17). The van der Waals surface area contributed by atoms with Crippen molar-refractivity contribution in [2.24, 2.45) is 0 Å². The zero-order valence-corrected chi connectivity index (χ0v) is 8.91. The van der Waals surface area contributed by atoms with Crippen LogP contribution in [0, 0.1) is 0 Å². The number of hydrogen-bond donors (Lipinski definition) is 2. The molecule has 0 aliphatic rings. The number of rotatable bonds is 2. The number of carbonyl (C=O) groups is 1. The highest BCUT2D eigenvalue weighted by molar-refractivity contribution is 5.96. The third-order valence-corrected chi connectivity index (χ3v) is 2.05. The van der Waals surface area contributed by atoms with Gasteiger partial charge in [0.05, 0.1) is 17.5 Å². The van der Waals surface area contributed by atoms with Crippen LogP contribution in [0.5, 0.6) is 0 Å². The van der Waals surface area contributed by atoms with Gasteiger partial charge in [0, 0.05) is 0 Å². The second-order valence-corrected chi connectivity index (χ2v) is 3.42. The lowest BCUT2D eigenvalue weighted by Gasteiger charge is -2.09. The summed E-state index contributed by atoms with van der Waals surface area (Å²) >= 11 is 0. The molecule has 0 fully saturated rings. The summed E-state index contributed by atoms with van der Waals surface area (Å²) in [5.41, 5.74) is 1.38. The van der Waals surface area contributed by atoms with Crippen LogP contribution in [-0.2, 0) is 4.74 Å². The first-order valence-corrected chi connectivity index (χ1v) is 4.88. The van der Waals surface area contributed by atoms with Gasteiger partial charge < -0.3 is 9.72 Å². The number of para-hydroxylation sites is 1. The number of alkyl halides is 3. The maximum atomic E-state index is 11.8. The smallest absolute Gasteiger partial charge is 0.422 e. The summed E-state index contributed by atoms with van der Waals surface area (Å²) < 4.78 is 39.5. The van der Waals surface area contributed by atoms with Gasteiger partial charge in [-0.15, -0.1) is 0 Å². The Hall–Kier alpha value is -2.25. The van der Waals surface area contributed by atoms with Crippen LogP contribution in [0.4, 0.5) is 23.7 Å². The van der Waals surface area contributed by atoms with Gasteiger partial charge in [0.25, 0.3) is 0 Å². The largest absolute Gasteiger partial charge is 0.440 e. The molecule has 2 aromatic rings. The van der Waals surface area contributed by atoms with Crippen molar-refractivity contribution in [3.05, 3.63) is 24.5 Å². The van der Waals surface area contributed by atoms with Crippen LogP contribution in [0.15, 0.2) is 24.5 Å². The third-order valence-electron chi connectivity index (χ3n) is 2.05. The Morgan fingerprint density at radius 3 is 2.94 bits per heavy atom. The average molecular weight is 259 g/mol. The van der Waals surface area contributed by atoms with E-state index in [1.165, 1.54) is 12.4 Å². The molecule has 1 amide bonds. The van der Waals surface area contributed by atoms with Gasteiger partial charge in [0.15, 0.2) is 6.61 Å². The summed E-state index contributed by atoms with van der Waals surface area (Å²) in [5.74, 6) is 0. The number of carbonyl (C=O) groups excluding carboxylic acids is 1. The van der Waals surface area contributed by atoms with E-state index in [2.05, 4.69) is 20.0 Å². The number of benzene rings is 1. The number of nitrogens with one attached hydrogen (secondary N) is 2. The minimum absolute atomic E-state index is 0.279. The predicted molar refractivity (Wildman–Crippen MR) is 57.1 cm³/mol. The molecule has 0 aliphatic carbocycles. The van der Waals surface area contributed by atoms with Crippen molar-refractivity contribution in [2.45, 2.75) is 6.18 Å². The van der Waals surface area contributed by atoms with Crippen LogP contribution in [0.25, 0.3) is 11.0 Å². The molecular formula is C10H8F3N3O2. The Bertz CT molecular complexity index is 565. The van der Waals surface area contributed by atoms with E-state index in [0.29, 0.717) is 11.0 Å². The van der Waals surface area contributed by atoms with E-state index in [-0.39, 0.29) is 5.69 Å². The second kappa shape index (κ2) is 4.55. The topological polar surface area (TPSA) is 67.0 Å². The molecule has 5 nitrogen and oxygen atoms in total. The number of anilines is 1. The lowest BCUT2D eigenvalue weighted by Crippen LogP contribution is -2.23. The quantitative estimate of drug-likeness (QED) is 0.871. The molecule has 0 saturated heterocycles. The van der Waals surface area contributed by atoms with Crippen LogP contribution >= 0.6 is 0 Å². The number of ether oxygens (including phenoxy) is 1. The van der Waals surface area contributed by atoms with Crippen LogP contribution in [0.2, 0.25) is 0 Å². The molecule has 0 aliphatic heterocycles. The van der Waals surface area contributed by atoms with Crippen LogP contribution < -0.4 is 5.32 Å². The first kappa shape index (κ1) is 12.2. The summed E-state index contributed by atoms with van der Waals surface area (Å²) in [4.78, 5) is 17.9. The number of aromatic nitrogens is 2. The molecule has 8 heteroatoms. The Balaban J connectivity index is 2.05. The van der Waals surface area contributed by atoms with E-state index < -0.39 is 18.9 Å². The van der Waals surface area contributed by atoms with Crippen LogP contribution in [0.1, 0.15) is 0 Å². The van der Waals surface area contributed by atoms with E-state index >= 15 is 0 Å². The third kappa shape index (κ3) is 2.90. The highest BCUT2D eigenvalue weighted by Gasteiger charge is 2.29. The maximum absolute atomic E-state index is 11.8. The zero-order valence-electron chi connectivity index (χ0n) is 8.91. The molecule has 0 radical (unpaired) electrons. The highest BCUT2D eigenvalue weighted by Crippen LogP contribution is 2.20. The molecule has 0 bridgehead atoms. The number of imidazole rings is 1. The zero-order chi connectivity index (χ0) is 13.2. The van der Waals surface area contributed by atoms with Crippen molar-refractivity contribution in [2.75, 3.05) is 11.9 Å². The van der Waals surface area contributed by atoms with Gasteiger partial charge in [-0.25, -0.2) is 9.78 Å². The van der Waals surface area contributed by atoms with E-state index in [0.717, 1.165) is 0 Å². The first-order valence-electron chi connectivity index (χ1n) is 4.88. The van der Waals surface area contributed by atoms with Gasteiger partial charge in [-0.3, -0.25) is 5.32 Å². The Labute approximate surface area is 99.0 Å². The first-order chi connectivity index (χ1) is 8.46. The average Bonchev–Trinajstić information content (AvgIpc) is 2.74. The van der Waals surface area contributed by atoms with E-state index in [4.69, 9.17) is 0 Å². The van der Waals surface area contributed by atoms with Crippen molar-refractivity contribution in [1.82, 2.24) is 9.97 Å². The summed E-state index contributed by atoms with van der Waals surface area (Å²) in [5, 5.41) is 2.20. The predicted octanol–water partition coefficient (Wildman–Crippen LogP) is 2.67. The lowest BCUT2D eigenvalue weighted by atomic mass is 10.3. The number of aromatic amines is 1. The molecule has 1 aromatic heterocycles. The molecule has 1 heterocycles. The minimum atomic E-state index is -4.55. The molecule has 0 unspecified atom stereocenters. The number of nitrogens with zero attached hydrogens (tertiary/aromatic N) is 1. The van der Waals surface area contributed by atoms with Gasteiger partial charge in [0.1, 0.15) is 5.52 Å². The number of fused-ring (bicyclic) bond motifs is 1. The van der Waals surface area contributed by atoms with Crippen molar-refractivity contribution in [1.29, 1.82) is 0 Å². The van der Waals surface area contributed by atoms with Crippen molar-refractivity contribution < 1.29 is 22.7 Å².